The number of anilines is 1. The van der Waals surface area contributed by atoms with E-state index in [0.29, 0.717) is 11.7 Å². The van der Waals surface area contributed by atoms with E-state index in [4.69, 9.17) is 10.3 Å². The number of pyridine rings is 1. The summed E-state index contributed by atoms with van der Waals surface area (Å²) in [4.78, 5) is 17.2. The number of aromatic nitrogens is 7. The van der Waals surface area contributed by atoms with Gasteiger partial charge in [0.05, 0.1) is 23.4 Å². The molecule has 2 N–H and O–H groups in total. The molecule has 0 aliphatic heterocycles. The zero-order chi connectivity index (χ0) is 19.7. The van der Waals surface area contributed by atoms with Gasteiger partial charge in [-0.25, -0.2) is 9.97 Å². The molecule has 9 heteroatoms. The molecule has 0 unspecified atom stereocenters. The van der Waals surface area contributed by atoms with Crippen molar-refractivity contribution in [2.24, 2.45) is 13.0 Å². The molecule has 0 bridgehead atoms. The highest BCUT2D eigenvalue weighted by Crippen LogP contribution is 2.31. The second-order valence-electron chi connectivity index (χ2n) is 6.89. The lowest BCUT2D eigenvalue weighted by Gasteiger charge is -2.17. The largest absolute Gasteiger partial charge is 0.368 e. The molecule has 142 valence electrons. The predicted octanol–water partition coefficient (Wildman–Crippen LogP) is 2.69. The summed E-state index contributed by atoms with van der Waals surface area (Å²) in [6, 6.07) is 3.95. The molecule has 4 aromatic heterocycles. The molecule has 0 saturated heterocycles. The predicted molar refractivity (Wildman–Crippen MR) is 103 cm³/mol. The van der Waals surface area contributed by atoms with Crippen LogP contribution in [0.2, 0.25) is 0 Å². The van der Waals surface area contributed by atoms with Gasteiger partial charge in [-0.2, -0.15) is 10.1 Å². The first-order valence-corrected chi connectivity index (χ1v) is 8.87. The van der Waals surface area contributed by atoms with Gasteiger partial charge in [0.25, 0.3) is 5.89 Å². The Labute approximate surface area is 161 Å². The van der Waals surface area contributed by atoms with Crippen molar-refractivity contribution in [3.63, 3.8) is 0 Å². The maximum atomic E-state index is 5.54. The van der Waals surface area contributed by atoms with Gasteiger partial charge in [-0.3, -0.25) is 9.67 Å². The monoisotopic (exact) mass is 376 g/mol. The maximum Gasteiger partial charge on any atom is 0.261 e. The van der Waals surface area contributed by atoms with Crippen molar-refractivity contribution < 1.29 is 4.52 Å². The van der Waals surface area contributed by atoms with E-state index in [1.54, 1.807) is 23.3 Å². The third kappa shape index (κ3) is 3.46. The highest BCUT2D eigenvalue weighted by Gasteiger charge is 2.25. The molecule has 4 aromatic rings. The summed E-state index contributed by atoms with van der Waals surface area (Å²) in [5.74, 6) is 1.53. The molecule has 0 aliphatic rings. The lowest BCUT2D eigenvalue weighted by molar-refractivity contribution is 0.409. The van der Waals surface area contributed by atoms with Crippen LogP contribution in [0.25, 0.3) is 22.7 Å². The van der Waals surface area contributed by atoms with Crippen LogP contribution in [0.3, 0.4) is 0 Å². The molecule has 9 nitrogen and oxygen atoms in total. The average Bonchev–Trinajstić information content (AvgIpc) is 3.32. The second kappa shape index (κ2) is 7.18. The van der Waals surface area contributed by atoms with Crippen molar-refractivity contribution in [2.45, 2.75) is 19.8 Å². The van der Waals surface area contributed by atoms with Crippen LogP contribution in [-0.4, -0.2) is 34.9 Å². The number of nitrogens with two attached hydrogens (primary N) is 1. The smallest absolute Gasteiger partial charge is 0.261 e. The fraction of sp³-hybridized carbons (Fsp3) is 0.263. The quantitative estimate of drug-likeness (QED) is 0.564. The minimum absolute atomic E-state index is 0.0432. The molecule has 4 heterocycles. The van der Waals surface area contributed by atoms with Crippen LogP contribution in [0, 0.1) is 5.92 Å². The minimum Gasteiger partial charge on any atom is -0.368 e. The normalized spacial score (nSPS) is 12.4. The van der Waals surface area contributed by atoms with Crippen LogP contribution in [0.4, 0.5) is 5.95 Å². The number of aryl methyl sites for hydroxylation is 1. The van der Waals surface area contributed by atoms with Crippen molar-refractivity contribution in [3.05, 3.63) is 54.5 Å². The standard InChI is InChI=1S/C19H20N8O/c1-11(2)16(17-25-18(28-26-17)14-9-24-27(3)10-14)12-4-5-15(21-6-12)13-7-22-19(20)23-8-13/h4-11,16H,1-3H3,(H2,20,22,23)/t16-/m1/s1. The molecule has 0 spiro atoms. The van der Waals surface area contributed by atoms with Gasteiger partial charge in [-0.05, 0) is 17.5 Å². The fourth-order valence-corrected chi connectivity index (χ4v) is 3.07. The highest BCUT2D eigenvalue weighted by molar-refractivity contribution is 5.57. The second-order valence-corrected chi connectivity index (χ2v) is 6.89. The Kier molecular flexibility index (Phi) is 4.56. The Balaban J connectivity index is 1.63. The molecular weight excluding hydrogens is 356 g/mol. The fourth-order valence-electron chi connectivity index (χ4n) is 3.07. The van der Waals surface area contributed by atoms with Gasteiger partial charge in [0.1, 0.15) is 0 Å². The molecule has 4 rings (SSSR count). The Hall–Kier alpha value is -3.62. The lowest BCUT2D eigenvalue weighted by Crippen LogP contribution is -2.11. The van der Waals surface area contributed by atoms with Gasteiger partial charge in [0.2, 0.25) is 5.95 Å². The van der Waals surface area contributed by atoms with Crippen LogP contribution in [0.1, 0.15) is 31.2 Å². The Bertz CT molecular complexity index is 1070. The van der Waals surface area contributed by atoms with Crippen molar-refractivity contribution in [2.75, 3.05) is 5.73 Å². The average molecular weight is 376 g/mol. The SMILES string of the molecule is CC(C)[C@H](c1ccc(-c2cnc(N)nc2)nc1)c1noc(-c2cnn(C)c2)n1. The lowest BCUT2D eigenvalue weighted by atomic mass is 9.88. The summed E-state index contributed by atoms with van der Waals surface area (Å²) in [6.07, 6.45) is 8.68. The molecule has 0 saturated carbocycles. The van der Waals surface area contributed by atoms with Crippen molar-refractivity contribution in [1.29, 1.82) is 0 Å². The van der Waals surface area contributed by atoms with Crippen molar-refractivity contribution in [1.82, 2.24) is 34.9 Å². The number of hydrogen-bond acceptors (Lipinski definition) is 8. The number of rotatable bonds is 5. The topological polar surface area (TPSA) is 121 Å². The van der Waals surface area contributed by atoms with Crippen molar-refractivity contribution in [3.8, 4) is 22.7 Å². The van der Waals surface area contributed by atoms with E-state index in [2.05, 4.69) is 44.0 Å². The Morgan fingerprint density at radius 2 is 1.79 bits per heavy atom. The van der Waals surface area contributed by atoms with E-state index in [1.165, 1.54) is 0 Å². The van der Waals surface area contributed by atoms with Gasteiger partial charge in [-0.1, -0.05) is 25.1 Å². The third-order valence-corrected chi connectivity index (χ3v) is 4.45. The summed E-state index contributed by atoms with van der Waals surface area (Å²) in [7, 11) is 1.84. The van der Waals surface area contributed by atoms with E-state index in [9.17, 15) is 0 Å². The van der Waals surface area contributed by atoms with Gasteiger partial charge in [-0.15, -0.1) is 0 Å². The van der Waals surface area contributed by atoms with Crippen LogP contribution in [-0.2, 0) is 7.05 Å². The number of nitrogens with zero attached hydrogens (tertiary/aromatic N) is 7. The van der Waals surface area contributed by atoms with E-state index in [0.717, 1.165) is 22.4 Å². The molecule has 0 aromatic carbocycles. The summed E-state index contributed by atoms with van der Waals surface area (Å²) in [5.41, 5.74) is 8.92. The molecule has 0 radical (unpaired) electrons. The number of hydrogen-bond donors (Lipinski definition) is 1. The maximum absolute atomic E-state index is 5.54. The summed E-state index contributed by atoms with van der Waals surface area (Å²) in [6.45, 7) is 4.24. The molecule has 0 aliphatic carbocycles. The first-order chi connectivity index (χ1) is 13.5. The number of nitrogen functional groups attached to an aromatic ring is 1. The zero-order valence-corrected chi connectivity index (χ0v) is 15.8. The van der Waals surface area contributed by atoms with Gasteiger partial charge < -0.3 is 10.3 Å². The van der Waals surface area contributed by atoms with Crippen LogP contribution in [0.15, 0.2) is 47.6 Å². The molecule has 0 fully saturated rings. The summed E-state index contributed by atoms with van der Waals surface area (Å²) < 4.78 is 7.15. The van der Waals surface area contributed by atoms with E-state index < -0.39 is 0 Å². The molecule has 0 amide bonds. The molecule has 28 heavy (non-hydrogen) atoms. The first kappa shape index (κ1) is 17.8. The van der Waals surface area contributed by atoms with Crippen LogP contribution in [0.5, 0.6) is 0 Å². The first-order valence-electron chi connectivity index (χ1n) is 8.87. The van der Waals surface area contributed by atoms with Crippen LogP contribution >= 0.6 is 0 Å². The molecule has 1 atom stereocenters. The Morgan fingerprint density at radius 1 is 1.00 bits per heavy atom. The zero-order valence-electron chi connectivity index (χ0n) is 15.8. The van der Waals surface area contributed by atoms with E-state index in [1.807, 2.05) is 31.6 Å². The van der Waals surface area contributed by atoms with Gasteiger partial charge in [0, 0.05) is 37.4 Å². The minimum atomic E-state index is -0.0432. The summed E-state index contributed by atoms with van der Waals surface area (Å²) >= 11 is 0. The van der Waals surface area contributed by atoms with E-state index >= 15 is 0 Å². The van der Waals surface area contributed by atoms with Crippen molar-refractivity contribution >= 4 is 5.95 Å². The van der Waals surface area contributed by atoms with E-state index in [-0.39, 0.29) is 17.8 Å². The van der Waals surface area contributed by atoms with Gasteiger partial charge >= 0.3 is 0 Å². The Morgan fingerprint density at radius 3 is 2.39 bits per heavy atom. The summed E-state index contributed by atoms with van der Waals surface area (Å²) in [5, 5.41) is 8.35. The highest BCUT2D eigenvalue weighted by atomic mass is 16.5. The molecular formula is C19H20N8O. The van der Waals surface area contributed by atoms with Gasteiger partial charge in [0.15, 0.2) is 5.82 Å². The van der Waals surface area contributed by atoms with Crippen LogP contribution < -0.4 is 5.73 Å². The third-order valence-electron chi connectivity index (χ3n) is 4.45.